The lowest BCUT2D eigenvalue weighted by Crippen LogP contribution is -2.43. The van der Waals surface area contributed by atoms with Crippen LogP contribution in [-0.2, 0) is 5.60 Å². The summed E-state index contributed by atoms with van der Waals surface area (Å²) < 4.78 is 40.2. The molecule has 0 aliphatic rings. The van der Waals surface area contributed by atoms with Gasteiger partial charge in [0.15, 0.2) is 0 Å². The molecule has 0 unspecified atom stereocenters. The van der Waals surface area contributed by atoms with Crippen LogP contribution in [-0.4, -0.2) is 16.3 Å². The van der Waals surface area contributed by atoms with E-state index in [1.165, 1.54) is 42.6 Å². The molecule has 0 saturated carbocycles. The molecule has 1 heterocycles. The predicted octanol–water partition coefficient (Wildman–Crippen LogP) is 3.58. The van der Waals surface area contributed by atoms with E-state index in [2.05, 4.69) is 20.9 Å². The van der Waals surface area contributed by atoms with E-state index < -0.39 is 11.8 Å². The summed E-state index contributed by atoms with van der Waals surface area (Å²) in [6.07, 6.45) is -3.48. The van der Waals surface area contributed by atoms with Crippen LogP contribution >= 0.6 is 15.9 Å². The molecule has 2 N–H and O–H groups in total. The van der Waals surface area contributed by atoms with Gasteiger partial charge in [0.1, 0.15) is 0 Å². The van der Waals surface area contributed by atoms with Gasteiger partial charge in [-0.15, -0.1) is 0 Å². The molecular formula is C12H9BrF3NO. The zero-order valence-electron chi connectivity index (χ0n) is 9.00. The Balaban J connectivity index is 2.60. The third-order valence-electron chi connectivity index (χ3n) is 2.66. The van der Waals surface area contributed by atoms with Crippen molar-refractivity contribution in [2.75, 3.05) is 0 Å². The van der Waals surface area contributed by atoms with Crippen molar-refractivity contribution >= 4 is 15.9 Å². The van der Waals surface area contributed by atoms with E-state index in [-0.39, 0.29) is 11.3 Å². The van der Waals surface area contributed by atoms with Crippen LogP contribution in [0.2, 0.25) is 0 Å². The van der Waals surface area contributed by atoms with E-state index >= 15 is 0 Å². The van der Waals surface area contributed by atoms with Crippen LogP contribution in [0.15, 0.2) is 47.1 Å². The average Bonchev–Trinajstić information content (AvgIpc) is 2.81. The number of hydrogen-bond acceptors (Lipinski definition) is 1. The van der Waals surface area contributed by atoms with Crippen LogP contribution in [0, 0.1) is 0 Å². The number of aromatic nitrogens is 1. The molecule has 2 aromatic rings. The monoisotopic (exact) mass is 319 g/mol. The van der Waals surface area contributed by atoms with E-state index in [4.69, 9.17) is 0 Å². The first-order valence-corrected chi connectivity index (χ1v) is 5.84. The van der Waals surface area contributed by atoms with Gasteiger partial charge in [0.05, 0.1) is 5.69 Å². The zero-order valence-corrected chi connectivity index (χ0v) is 10.6. The van der Waals surface area contributed by atoms with Gasteiger partial charge in [-0.2, -0.15) is 13.2 Å². The quantitative estimate of drug-likeness (QED) is 0.872. The van der Waals surface area contributed by atoms with Crippen LogP contribution in [0.3, 0.4) is 0 Å². The number of aromatic amines is 1. The number of H-pyrrole nitrogens is 1. The highest BCUT2D eigenvalue weighted by molar-refractivity contribution is 9.10. The lowest BCUT2D eigenvalue weighted by Gasteiger charge is -2.30. The number of rotatable bonds is 2. The van der Waals surface area contributed by atoms with Gasteiger partial charge in [-0.05, 0) is 29.8 Å². The molecule has 2 nitrogen and oxygen atoms in total. The van der Waals surface area contributed by atoms with Crippen molar-refractivity contribution in [3.8, 4) is 0 Å². The molecule has 6 heteroatoms. The van der Waals surface area contributed by atoms with Gasteiger partial charge >= 0.3 is 6.18 Å². The normalized spacial score (nSPS) is 15.4. The Kier molecular flexibility index (Phi) is 3.25. The number of aliphatic hydroxyl groups is 1. The van der Waals surface area contributed by atoms with E-state index in [0.29, 0.717) is 4.47 Å². The van der Waals surface area contributed by atoms with E-state index in [1.807, 2.05) is 0 Å². The van der Waals surface area contributed by atoms with Crippen LogP contribution in [0.5, 0.6) is 0 Å². The molecule has 0 aliphatic carbocycles. The summed E-state index contributed by atoms with van der Waals surface area (Å²) in [5.41, 5.74) is -3.57. The molecule has 1 atom stereocenters. The Hall–Kier alpha value is -1.27. The molecule has 0 amide bonds. The third kappa shape index (κ3) is 2.06. The Morgan fingerprint density at radius 2 is 1.67 bits per heavy atom. The molecular weight excluding hydrogens is 311 g/mol. The number of nitrogens with one attached hydrogen (secondary N) is 1. The number of benzene rings is 1. The van der Waals surface area contributed by atoms with Crippen molar-refractivity contribution in [2.45, 2.75) is 11.8 Å². The van der Waals surface area contributed by atoms with Gasteiger partial charge in [-0.1, -0.05) is 28.1 Å². The zero-order chi connectivity index (χ0) is 13.4. The fourth-order valence-electron chi connectivity index (χ4n) is 1.72. The maximum atomic E-state index is 13.2. The summed E-state index contributed by atoms with van der Waals surface area (Å²) in [6.45, 7) is 0. The summed E-state index contributed by atoms with van der Waals surface area (Å²) in [7, 11) is 0. The summed E-state index contributed by atoms with van der Waals surface area (Å²) in [4.78, 5) is 2.42. The standard InChI is InChI=1S/C12H9BrF3NO/c13-9-5-3-8(4-6-9)11(18,12(14,15)16)10-2-1-7-17-10/h1-7,17-18H/t11-/m1/s1. The van der Waals surface area contributed by atoms with E-state index in [0.717, 1.165) is 0 Å². The van der Waals surface area contributed by atoms with Crippen LogP contribution in [0.25, 0.3) is 0 Å². The van der Waals surface area contributed by atoms with Gasteiger partial charge in [0.25, 0.3) is 0 Å². The average molecular weight is 320 g/mol. The van der Waals surface area contributed by atoms with Gasteiger partial charge in [-0.3, -0.25) is 0 Å². The predicted molar refractivity (Wildman–Crippen MR) is 64.0 cm³/mol. The minimum Gasteiger partial charge on any atom is -0.371 e. The fraction of sp³-hybridized carbons (Fsp3) is 0.167. The van der Waals surface area contributed by atoms with Crippen LogP contribution < -0.4 is 0 Å². The highest BCUT2D eigenvalue weighted by atomic mass is 79.9. The molecule has 96 valence electrons. The Morgan fingerprint density at radius 3 is 2.11 bits per heavy atom. The van der Waals surface area contributed by atoms with Crippen molar-refractivity contribution < 1.29 is 18.3 Å². The molecule has 18 heavy (non-hydrogen) atoms. The van der Waals surface area contributed by atoms with Crippen LogP contribution in [0.1, 0.15) is 11.3 Å². The second kappa shape index (κ2) is 4.44. The van der Waals surface area contributed by atoms with Gasteiger partial charge < -0.3 is 10.1 Å². The Labute approximate surface area is 110 Å². The number of alkyl halides is 3. The van der Waals surface area contributed by atoms with Crippen molar-refractivity contribution in [1.82, 2.24) is 4.98 Å². The van der Waals surface area contributed by atoms with Gasteiger partial charge in [0, 0.05) is 10.7 Å². The number of halogens is 4. The Bertz CT molecular complexity index is 521. The third-order valence-corrected chi connectivity index (χ3v) is 3.19. The maximum Gasteiger partial charge on any atom is 0.427 e. The maximum absolute atomic E-state index is 13.2. The topological polar surface area (TPSA) is 36.0 Å². The molecule has 1 aromatic heterocycles. The molecule has 0 bridgehead atoms. The van der Waals surface area contributed by atoms with Crippen molar-refractivity contribution in [3.05, 3.63) is 58.3 Å². The largest absolute Gasteiger partial charge is 0.427 e. The minimum atomic E-state index is -4.81. The first-order chi connectivity index (χ1) is 8.35. The molecule has 0 fully saturated rings. The van der Waals surface area contributed by atoms with Gasteiger partial charge in [0.2, 0.25) is 5.60 Å². The molecule has 0 spiro atoms. The van der Waals surface area contributed by atoms with E-state index in [1.54, 1.807) is 0 Å². The summed E-state index contributed by atoms with van der Waals surface area (Å²) >= 11 is 3.14. The second-order valence-corrected chi connectivity index (χ2v) is 4.71. The van der Waals surface area contributed by atoms with Crippen molar-refractivity contribution in [1.29, 1.82) is 0 Å². The molecule has 1 aromatic carbocycles. The van der Waals surface area contributed by atoms with Crippen LogP contribution in [0.4, 0.5) is 13.2 Å². The smallest absolute Gasteiger partial charge is 0.371 e. The lowest BCUT2D eigenvalue weighted by molar-refractivity contribution is -0.249. The first kappa shape index (κ1) is 13.2. The molecule has 0 saturated heterocycles. The highest BCUT2D eigenvalue weighted by Gasteiger charge is 2.57. The van der Waals surface area contributed by atoms with Crippen molar-refractivity contribution in [2.24, 2.45) is 0 Å². The second-order valence-electron chi connectivity index (χ2n) is 3.80. The summed E-state index contributed by atoms with van der Waals surface area (Å²) in [5.74, 6) is 0. The minimum absolute atomic E-state index is 0.236. The summed E-state index contributed by atoms with van der Waals surface area (Å²) in [6, 6.07) is 7.99. The fourth-order valence-corrected chi connectivity index (χ4v) is 1.98. The van der Waals surface area contributed by atoms with E-state index in [9.17, 15) is 18.3 Å². The lowest BCUT2D eigenvalue weighted by atomic mass is 9.90. The SMILES string of the molecule is O[C@](c1ccc(Br)cc1)(c1ccc[nH]1)C(F)(F)F. The molecule has 0 radical (unpaired) electrons. The molecule has 0 aliphatic heterocycles. The highest BCUT2D eigenvalue weighted by Crippen LogP contribution is 2.43. The summed E-state index contributed by atoms with van der Waals surface area (Å²) in [5, 5.41) is 10.1. The Morgan fingerprint density at radius 1 is 1.06 bits per heavy atom. The molecule has 2 rings (SSSR count). The van der Waals surface area contributed by atoms with Gasteiger partial charge in [-0.25, -0.2) is 0 Å². The van der Waals surface area contributed by atoms with Crippen molar-refractivity contribution in [3.63, 3.8) is 0 Å². The number of hydrogen-bond donors (Lipinski definition) is 2. The first-order valence-electron chi connectivity index (χ1n) is 5.04.